The fourth-order valence-electron chi connectivity index (χ4n) is 5.00. The molecule has 218 valence electrons. The number of hydrogen-bond donors (Lipinski definition) is 2. The number of esters is 2. The molecule has 1 aliphatic rings. The lowest BCUT2D eigenvalue weighted by molar-refractivity contribution is -0.166. The summed E-state index contributed by atoms with van der Waals surface area (Å²) in [7, 11) is 1.37. The Morgan fingerprint density at radius 1 is 0.953 bits per heavy atom. The molecule has 3 aromatic carbocycles. The molecule has 1 aromatic heterocycles. The first-order valence-electron chi connectivity index (χ1n) is 13.2. The Labute approximate surface area is 251 Å². The number of allylic oxidation sites excluding steroid dienone is 1. The third-order valence-electron chi connectivity index (χ3n) is 7.41. The summed E-state index contributed by atoms with van der Waals surface area (Å²) in [4.78, 5) is 57.1. The maximum atomic E-state index is 14.4. The van der Waals surface area contributed by atoms with Crippen molar-refractivity contribution in [1.29, 1.82) is 0 Å². The van der Waals surface area contributed by atoms with Crippen molar-refractivity contribution in [3.8, 4) is 5.75 Å². The molecule has 5 rings (SSSR count). The molecule has 0 saturated carbocycles. The number of fused-ring (bicyclic) bond motifs is 1. The van der Waals surface area contributed by atoms with Gasteiger partial charge < -0.3 is 24.3 Å². The van der Waals surface area contributed by atoms with Gasteiger partial charge in [-0.2, -0.15) is 0 Å². The van der Waals surface area contributed by atoms with Crippen LogP contribution >= 0.6 is 11.6 Å². The van der Waals surface area contributed by atoms with Crippen molar-refractivity contribution >= 4 is 46.2 Å². The number of rotatable bonds is 9. The summed E-state index contributed by atoms with van der Waals surface area (Å²) < 4.78 is 17.1. The number of hydrogen-bond acceptors (Lipinski definition) is 7. The van der Waals surface area contributed by atoms with Gasteiger partial charge in [0, 0.05) is 33.8 Å². The highest BCUT2D eigenvalue weighted by atomic mass is 35.5. The van der Waals surface area contributed by atoms with Crippen LogP contribution in [0.4, 0.5) is 0 Å². The molecule has 0 saturated heterocycles. The summed E-state index contributed by atoms with van der Waals surface area (Å²) in [5.41, 5.74) is -3.02. The zero-order chi connectivity index (χ0) is 30.8. The first-order chi connectivity index (χ1) is 20.6. The minimum atomic E-state index is -2.31. The lowest BCUT2D eigenvalue weighted by atomic mass is 9.66. The number of ketones is 1. The Balaban J connectivity index is 1.62. The normalized spacial score (nSPS) is 19.4. The molecule has 0 radical (unpaired) electrons. The number of carboxylic acids is 1. The van der Waals surface area contributed by atoms with Gasteiger partial charge in [-0.25, -0.2) is 4.79 Å². The molecule has 1 heterocycles. The zero-order valence-corrected chi connectivity index (χ0v) is 23.9. The number of carbonyl (C=O) groups excluding carboxylic acids is 3. The van der Waals surface area contributed by atoms with Gasteiger partial charge >= 0.3 is 17.9 Å². The summed E-state index contributed by atoms with van der Waals surface area (Å²) >= 11 is 6.07. The molecule has 2 N–H and O–H groups in total. The Morgan fingerprint density at radius 3 is 2.37 bits per heavy atom. The number of para-hydroxylation sites is 2. The van der Waals surface area contributed by atoms with Gasteiger partial charge in [-0.1, -0.05) is 48.0 Å². The Bertz CT molecular complexity index is 1800. The average molecular weight is 600 g/mol. The molecule has 2 unspecified atom stereocenters. The van der Waals surface area contributed by atoms with Crippen LogP contribution in [0.5, 0.6) is 5.75 Å². The Kier molecular flexibility index (Phi) is 7.93. The zero-order valence-electron chi connectivity index (χ0n) is 23.1. The molecule has 4 aromatic rings. The molecule has 9 nitrogen and oxygen atoms in total. The standard InChI is InChI=1S/C33H26ClNO8/c1-32(31(40)42-27-10-6-4-8-25(27)30(38)39)16-15-23(41-2)18-33(32,29(37)20-11-13-22(34)14-12-20)43-28(36)17-21-19-35-26-9-5-3-7-24(21)26/h3-16,18-19,35H,17H2,1-2H3,(H,38,39). The van der Waals surface area contributed by atoms with Gasteiger partial charge in [0.15, 0.2) is 0 Å². The molecule has 0 fully saturated rings. The van der Waals surface area contributed by atoms with E-state index in [0.29, 0.717) is 10.6 Å². The third kappa shape index (κ3) is 5.42. The van der Waals surface area contributed by atoms with Crippen molar-refractivity contribution in [2.45, 2.75) is 18.9 Å². The number of H-pyrrole nitrogens is 1. The number of carboxylic acid groups (broad SMARTS) is 1. The third-order valence-corrected chi connectivity index (χ3v) is 7.66. The summed E-state index contributed by atoms with van der Waals surface area (Å²) in [6.45, 7) is 1.38. The summed E-state index contributed by atoms with van der Waals surface area (Å²) in [6.07, 6.45) is 5.51. The van der Waals surface area contributed by atoms with E-state index in [0.717, 1.165) is 10.9 Å². The van der Waals surface area contributed by atoms with Gasteiger partial charge in [0.05, 0.1) is 13.5 Å². The molecule has 0 amide bonds. The number of nitrogens with one attached hydrogen (secondary N) is 1. The van der Waals surface area contributed by atoms with Crippen LogP contribution in [0.15, 0.2) is 103 Å². The number of aromatic nitrogens is 1. The Morgan fingerprint density at radius 2 is 1.65 bits per heavy atom. The number of benzene rings is 3. The van der Waals surface area contributed by atoms with Crippen molar-refractivity contribution in [2.75, 3.05) is 7.11 Å². The molecule has 1 aliphatic carbocycles. The minimum absolute atomic E-state index is 0.0938. The van der Waals surface area contributed by atoms with E-state index in [9.17, 15) is 24.3 Å². The van der Waals surface area contributed by atoms with Crippen molar-refractivity contribution < 1.29 is 38.5 Å². The molecule has 43 heavy (non-hydrogen) atoms. The molecular formula is C33H26ClNO8. The number of methoxy groups -OCH3 is 1. The number of carbonyl (C=O) groups is 4. The van der Waals surface area contributed by atoms with Crippen LogP contribution in [0.1, 0.15) is 33.2 Å². The van der Waals surface area contributed by atoms with Gasteiger partial charge in [-0.15, -0.1) is 0 Å². The van der Waals surface area contributed by atoms with Crippen LogP contribution in [-0.2, 0) is 25.5 Å². The molecule has 0 bridgehead atoms. The summed E-state index contributed by atoms with van der Waals surface area (Å²) in [5.74, 6) is -4.00. The van der Waals surface area contributed by atoms with E-state index in [1.54, 1.807) is 6.20 Å². The van der Waals surface area contributed by atoms with E-state index in [4.69, 9.17) is 25.8 Å². The number of aromatic carboxylic acids is 1. The van der Waals surface area contributed by atoms with Gasteiger partial charge in [0.25, 0.3) is 0 Å². The lowest BCUT2D eigenvalue weighted by Gasteiger charge is -2.43. The molecule has 10 heteroatoms. The molecular weight excluding hydrogens is 574 g/mol. The SMILES string of the molecule is COC1=CC(OC(=O)Cc2c[nH]c3ccccc23)(C(=O)c2ccc(Cl)cc2)C(C)(C(=O)Oc2ccccc2C(=O)O)C=C1. The van der Waals surface area contributed by atoms with Gasteiger partial charge in [-0.3, -0.25) is 14.4 Å². The first kappa shape index (κ1) is 29.3. The van der Waals surface area contributed by atoms with Crippen molar-refractivity contribution in [3.05, 3.63) is 125 Å². The van der Waals surface area contributed by atoms with Gasteiger partial charge in [0.2, 0.25) is 11.4 Å². The lowest BCUT2D eigenvalue weighted by Crippen LogP contribution is -2.59. The highest BCUT2D eigenvalue weighted by Gasteiger charge is 2.61. The van der Waals surface area contributed by atoms with Crippen LogP contribution in [0.2, 0.25) is 5.02 Å². The van der Waals surface area contributed by atoms with Crippen LogP contribution in [0, 0.1) is 5.41 Å². The van der Waals surface area contributed by atoms with Crippen LogP contribution in [-0.4, -0.2) is 46.5 Å². The maximum Gasteiger partial charge on any atom is 0.339 e. The number of aromatic amines is 1. The highest BCUT2D eigenvalue weighted by molar-refractivity contribution is 6.30. The largest absolute Gasteiger partial charge is 0.497 e. The van der Waals surface area contributed by atoms with E-state index in [1.165, 1.54) is 80.8 Å². The van der Waals surface area contributed by atoms with E-state index in [1.807, 2.05) is 24.3 Å². The molecule has 2 atom stereocenters. The van der Waals surface area contributed by atoms with E-state index >= 15 is 0 Å². The van der Waals surface area contributed by atoms with Crippen molar-refractivity contribution in [3.63, 3.8) is 0 Å². The quantitative estimate of drug-likeness (QED) is 0.137. The predicted octanol–water partition coefficient (Wildman–Crippen LogP) is 5.94. The molecule has 0 spiro atoms. The van der Waals surface area contributed by atoms with Crippen LogP contribution in [0.25, 0.3) is 10.9 Å². The monoisotopic (exact) mass is 599 g/mol. The number of Topliss-reactive ketones (excluding diaryl/α,β-unsaturated/α-hetero) is 1. The van der Waals surface area contributed by atoms with Crippen LogP contribution in [0.3, 0.4) is 0 Å². The minimum Gasteiger partial charge on any atom is -0.497 e. The second-order valence-electron chi connectivity index (χ2n) is 10.1. The topological polar surface area (TPSA) is 132 Å². The summed E-state index contributed by atoms with van der Waals surface area (Å²) in [5, 5.41) is 10.8. The first-order valence-corrected chi connectivity index (χ1v) is 13.5. The highest BCUT2D eigenvalue weighted by Crippen LogP contribution is 2.46. The number of halogens is 1. The second kappa shape index (κ2) is 11.6. The number of ether oxygens (including phenoxy) is 3. The van der Waals surface area contributed by atoms with Gasteiger partial charge in [-0.05, 0) is 61.0 Å². The maximum absolute atomic E-state index is 14.4. The van der Waals surface area contributed by atoms with Crippen LogP contribution < -0.4 is 4.74 Å². The van der Waals surface area contributed by atoms with Crippen molar-refractivity contribution in [2.24, 2.45) is 5.41 Å². The molecule has 0 aliphatic heterocycles. The fraction of sp³-hybridized carbons (Fsp3) is 0.152. The fourth-order valence-corrected chi connectivity index (χ4v) is 5.13. The van der Waals surface area contributed by atoms with E-state index in [2.05, 4.69) is 4.98 Å². The predicted molar refractivity (Wildman–Crippen MR) is 158 cm³/mol. The van der Waals surface area contributed by atoms with Gasteiger partial charge in [0.1, 0.15) is 22.5 Å². The summed E-state index contributed by atoms with van der Waals surface area (Å²) in [6, 6.07) is 18.9. The van der Waals surface area contributed by atoms with E-state index in [-0.39, 0.29) is 29.1 Å². The van der Waals surface area contributed by atoms with E-state index < -0.39 is 34.7 Å². The Hall–Kier alpha value is -5.15. The van der Waals surface area contributed by atoms with Crippen molar-refractivity contribution in [1.82, 2.24) is 4.98 Å². The smallest absolute Gasteiger partial charge is 0.339 e. The second-order valence-corrected chi connectivity index (χ2v) is 10.5. The average Bonchev–Trinajstić information content (AvgIpc) is 3.40.